The lowest BCUT2D eigenvalue weighted by Crippen LogP contribution is -2.31. The number of hydrogen-bond acceptors (Lipinski definition) is 4. The summed E-state index contributed by atoms with van der Waals surface area (Å²) in [7, 11) is 0. The second kappa shape index (κ2) is 10.0. The van der Waals surface area contributed by atoms with E-state index in [0.29, 0.717) is 19.4 Å². The van der Waals surface area contributed by atoms with Gasteiger partial charge in [-0.3, -0.25) is 9.59 Å². The van der Waals surface area contributed by atoms with Gasteiger partial charge < -0.3 is 9.47 Å². The molecule has 0 aliphatic rings. The summed E-state index contributed by atoms with van der Waals surface area (Å²) in [6.07, 6.45) is 2.73. The van der Waals surface area contributed by atoms with Gasteiger partial charge >= 0.3 is 11.9 Å². The standard InChI is InChI=1S/C15H27ClO4/c1-5-12(20-14(18)8-9-16)10-15(4,7-3)11-19-13(17)6-2/h12H,5-11H2,1-4H3. The number of rotatable bonds is 10. The first kappa shape index (κ1) is 19.2. The first-order chi connectivity index (χ1) is 9.40. The maximum atomic E-state index is 11.5. The minimum absolute atomic E-state index is 0.156. The first-order valence-corrected chi connectivity index (χ1v) is 7.85. The molecule has 0 rings (SSSR count). The molecule has 0 N–H and O–H groups in total. The van der Waals surface area contributed by atoms with Crippen LogP contribution in [0.4, 0.5) is 0 Å². The Bertz CT molecular complexity index is 306. The molecular formula is C15H27ClO4. The van der Waals surface area contributed by atoms with E-state index in [1.165, 1.54) is 0 Å². The van der Waals surface area contributed by atoms with Crippen molar-refractivity contribution < 1.29 is 19.1 Å². The Morgan fingerprint density at radius 1 is 1.20 bits per heavy atom. The summed E-state index contributed by atoms with van der Waals surface area (Å²) >= 11 is 5.53. The maximum absolute atomic E-state index is 11.5. The van der Waals surface area contributed by atoms with Crippen molar-refractivity contribution in [1.29, 1.82) is 0 Å². The van der Waals surface area contributed by atoms with Crippen molar-refractivity contribution in [2.24, 2.45) is 5.41 Å². The van der Waals surface area contributed by atoms with Crippen LogP contribution in [0.15, 0.2) is 0 Å². The van der Waals surface area contributed by atoms with E-state index >= 15 is 0 Å². The molecule has 0 aliphatic carbocycles. The molecule has 2 unspecified atom stereocenters. The topological polar surface area (TPSA) is 52.6 Å². The van der Waals surface area contributed by atoms with Crippen LogP contribution in [-0.2, 0) is 19.1 Å². The van der Waals surface area contributed by atoms with Crippen molar-refractivity contribution in [3.63, 3.8) is 0 Å². The molecule has 0 aromatic heterocycles. The van der Waals surface area contributed by atoms with Gasteiger partial charge in [-0.25, -0.2) is 0 Å². The molecule has 0 spiro atoms. The summed E-state index contributed by atoms with van der Waals surface area (Å²) in [5.74, 6) is -0.193. The molecule has 5 heteroatoms. The molecular weight excluding hydrogens is 280 g/mol. The molecule has 0 amide bonds. The van der Waals surface area contributed by atoms with Crippen molar-refractivity contribution in [2.45, 2.75) is 65.9 Å². The highest BCUT2D eigenvalue weighted by atomic mass is 35.5. The Kier molecular flexibility index (Phi) is 9.64. The van der Waals surface area contributed by atoms with Crippen molar-refractivity contribution in [1.82, 2.24) is 0 Å². The van der Waals surface area contributed by atoms with Gasteiger partial charge in [-0.2, -0.15) is 0 Å². The number of hydrogen-bond donors (Lipinski definition) is 0. The highest BCUT2D eigenvalue weighted by Gasteiger charge is 2.29. The highest BCUT2D eigenvalue weighted by molar-refractivity contribution is 6.18. The number of ether oxygens (including phenoxy) is 2. The summed E-state index contributed by atoms with van der Waals surface area (Å²) in [6.45, 7) is 8.21. The van der Waals surface area contributed by atoms with E-state index in [9.17, 15) is 9.59 Å². The van der Waals surface area contributed by atoms with Crippen LogP contribution in [0.5, 0.6) is 0 Å². The molecule has 0 saturated carbocycles. The minimum atomic E-state index is -0.268. The van der Waals surface area contributed by atoms with E-state index in [4.69, 9.17) is 21.1 Å². The van der Waals surface area contributed by atoms with Gasteiger partial charge in [0.25, 0.3) is 0 Å². The van der Waals surface area contributed by atoms with Crippen LogP contribution in [0.1, 0.15) is 59.8 Å². The fourth-order valence-electron chi connectivity index (χ4n) is 1.80. The van der Waals surface area contributed by atoms with Crippen LogP contribution in [-0.4, -0.2) is 30.5 Å². The largest absolute Gasteiger partial charge is 0.465 e. The van der Waals surface area contributed by atoms with E-state index in [0.717, 1.165) is 12.8 Å². The van der Waals surface area contributed by atoms with E-state index in [1.54, 1.807) is 6.92 Å². The van der Waals surface area contributed by atoms with Crippen molar-refractivity contribution >= 4 is 23.5 Å². The molecule has 4 nitrogen and oxygen atoms in total. The monoisotopic (exact) mass is 306 g/mol. The fourth-order valence-corrected chi connectivity index (χ4v) is 1.96. The van der Waals surface area contributed by atoms with Crippen LogP contribution in [0, 0.1) is 5.41 Å². The number of carbonyl (C=O) groups is 2. The van der Waals surface area contributed by atoms with Gasteiger partial charge in [-0.1, -0.05) is 27.7 Å². The Morgan fingerprint density at radius 3 is 2.30 bits per heavy atom. The fraction of sp³-hybridized carbons (Fsp3) is 0.867. The summed E-state index contributed by atoms with van der Waals surface area (Å²) in [6, 6.07) is 0. The minimum Gasteiger partial charge on any atom is -0.465 e. The summed E-state index contributed by atoms with van der Waals surface area (Å²) in [5, 5.41) is 0. The van der Waals surface area contributed by atoms with Gasteiger partial charge in [-0.05, 0) is 19.3 Å². The third-order valence-corrected chi connectivity index (χ3v) is 3.69. The zero-order valence-electron chi connectivity index (χ0n) is 13.0. The molecule has 0 saturated heterocycles. The van der Waals surface area contributed by atoms with Crippen LogP contribution < -0.4 is 0 Å². The lowest BCUT2D eigenvalue weighted by molar-refractivity contribution is -0.154. The lowest BCUT2D eigenvalue weighted by Gasteiger charge is -2.31. The van der Waals surface area contributed by atoms with Crippen LogP contribution >= 0.6 is 11.6 Å². The van der Waals surface area contributed by atoms with Crippen molar-refractivity contribution in [3.8, 4) is 0 Å². The molecule has 0 aliphatic heterocycles. The molecule has 0 bridgehead atoms. The molecule has 118 valence electrons. The van der Waals surface area contributed by atoms with Gasteiger partial charge in [-0.15, -0.1) is 11.6 Å². The van der Waals surface area contributed by atoms with Gasteiger partial charge in [0.15, 0.2) is 0 Å². The quantitative estimate of drug-likeness (QED) is 0.456. The molecule has 2 atom stereocenters. The van der Waals surface area contributed by atoms with Crippen LogP contribution in [0.25, 0.3) is 0 Å². The average Bonchev–Trinajstić information content (AvgIpc) is 2.44. The second-order valence-corrected chi connectivity index (χ2v) is 5.72. The van der Waals surface area contributed by atoms with Crippen LogP contribution in [0.2, 0.25) is 0 Å². The Morgan fingerprint density at radius 2 is 1.85 bits per heavy atom. The highest BCUT2D eigenvalue weighted by Crippen LogP contribution is 2.30. The predicted molar refractivity (Wildman–Crippen MR) is 79.8 cm³/mol. The molecule has 0 aromatic carbocycles. The SMILES string of the molecule is CCC(=O)OCC(C)(CC)CC(CC)OC(=O)CCCl. The number of halogens is 1. The second-order valence-electron chi connectivity index (χ2n) is 5.34. The molecule has 0 aromatic rings. The normalized spacial score (nSPS) is 15.2. The molecule has 20 heavy (non-hydrogen) atoms. The van der Waals surface area contributed by atoms with E-state index in [2.05, 4.69) is 0 Å². The third kappa shape index (κ3) is 7.73. The Balaban J connectivity index is 4.47. The number of carbonyl (C=O) groups excluding carboxylic acids is 2. The predicted octanol–water partition coefficient (Wildman–Crippen LogP) is 3.70. The van der Waals surface area contributed by atoms with Crippen LogP contribution in [0.3, 0.4) is 0 Å². The zero-order valence-corrected chi connectivity index (χ0v) is 13.8. The lowest BCUT2D eigenvalue weighted by atomic mass is 9.82. The summed E-state index contributed by atoms with van der Waals surface area (Å²) in [5.41, 5.74) is -0.174. The van der Waals surface area contributed by atoms with Gasteiger partial charge in [0.1, 0.15) is 6.10 Å². The smallest absolute Gasteiger partial charge is 0.307 e. The Labute approximate surface area is 127 Å². The first-order valence-electron chi connectivity index (χ1n) is 7.31. The number of esters is 2. The molecule has 0 fully saturated rings. The third-order valence-electron chi connectivity index (χ3n) is 3.50. The van der Waals surface area contributed by atoms with E-state index in [-0.39, 0.29) is 35.8 Å². The van der Waals surface area contributed by atoms with Gasteiger partial charge in [0, 0.05) is 17.7 Å². The maximum Gasteiger partial charge on any atom is 0.307 e. The average molecular weight is 307 g/mol. The van der Waals surface area contributed by atoms with Crippen molar-refractivity contribution in [2.75, 3.05) is 12.5 Å². The van der Waals surface area contributed by atoms with E-state index in [1.807, 2.05) is 20.8 Å². The molecule has 0 radical (unpaired) electrons. The van der Waals surface area contributed by atoms with E-state index < -0.39 is 0 Å². The Hall–Kier alpha value is -0.770. The number of alkyl halides is 1. The molecule has 0 heterocycles. The zero-order chi connectivity index (χ0) is 15.6. The summed E-state index contributed by atoms with van der Waals surface area (Å²) in [4.78, 5) is 22.8. The van der Waals surface area contributed by atoms with Gasteiger partial charge in [0.05, 0.1) is 13.0 Å². The summed E-state index contributed by atoms with van der Waals surface area (Å²) < 4.78 is 10.7. The van der Waals surface area contributed by atoms with Gasteiger partial charge in [0.2, 0.25) is 0 Å². The van der Waals surface area contributed by atoms with Crippen molar-refractivity contribution in [3.05, 3.63) is 0 Å².